The van der Waals surface area contributed by atoms with Crippen LogP contribution >= 0.6 is 17.0 Å². The van der Waals surface area contributed by atoms with Crippen LogP contribution in [0.5, 0.6) is 11.5 Å². The van der Waals surface area contributed by atoms with Crippen LogP contribution in [0.4, 0.5) is 0 Å². The summed E-state index contributed by atoms with van der Waals surface area (Å²) in [7, 11) is 0. The molecule has 1 saturated heterocycles. The highest BCUT2D eigenvalue weighted by Crippen LogP contribution is 2.26. The summed E-state index contributed by atoms with van der Waals surface area (Å²) in [5.41, 5.74) is 1.68. The van der Waals surface area contributed by atoms with E-state index in [1.165, 1.54) is 24.3 Å². The Morgan fingerprint density at radius 2 is 1.48 bits per heavy atom. The van der Waals surface area contributed by atoms with E-state index in [1.807, 2.05) is 0 Å². The minimum Gasteiger partial charge on any atom is -0.504 e. The van der Waals surface area contributed by atoms with Gasteiger partial charge in [-0.15, -0.1) is 17.0 Å². The van der Waals surface area contributed by atoms with Crippen molar-refractivity contribution in [2.75, 3.05) is 6.61 Å². The van der Waals surface area contributed by atoms with Crippen molar-refractivity contribution in [1.82, 2.24) is 0 Å². The second kappa shape index (κ2) is 10.7. The van der Waals surface area contributed by atoms with Crippen molar-refractivity contribution in [3.8, 4) is 11.5 Å². The van der Waals surface area contributed by atoms with E-state index in [0.717, 1.165) is 5.56 Å². The van der Waals surface area contributed by atoms with Crippen molar-refractivity contribution in [3.63, 3.8) is 0 Å². The molecule has 2 aromatic carbocycles. The molecule has 5 atom stereocenters. The Labute approximate surface area is 188 Å². The lowest BCUT2D eigenvalue weighted by atomic mass is 9.99. The molecule has 0 aliphatic carbocycles. The molecule has 0 spiro atoms. The summed E-state index contributed by atoms with van der Waals surface area (Å²) >= 11 is 0. The van der Waals surface area contributed by atoms with Gasteiger partial charge in [0.15, 0.2) is 17.8 Å². The fourth-order valence-corrected chi connectivity index (χ4v) is 2.88. The SMILES string of the molecule is Br.O=C(OCC1OC(O)C(O)C(O)C1O)c1ccc(C=Cc2ccc(O)c(O)c2)cc1. The maximum atomic E-state index is 12.2. The molecule has 2 aromatic rings. The lowest BCUT2D eigenvalue weighted by Gasteiger charge is -2.37. The molecule has 1 fully saturated rings. The average Bonchev–Trinajstić information content (AvgIpc) is 2.74. The molecule has 31 heavy (non-hydrogen) atoms. The van der Waals surface area contributed by atoms with Gasteiger partial charge >= 0.3 is 5.97 Å². The quantitative estimate of drug-likeness (QED) is 0.199. The Morgan fingerprint density at radius 3 is 2.13 bits per heavy atom. The molecule has 5 unspecified atom stereocenters. The maximum absolute atomic E-state index is 12.2. The number of aliphatic hydroxyl groups is 4. The van der Waals surface area contributed by atoms with Crippen LogP contribution in [0.1, 0.15) is 21.5 Å². The van der Waals surface area contributed by atoms with Gasteiger partial charge in [-0.05, 0) is 35.4 Å². The average molecular weight is 499 g/mol. The number of esters is 1. The van der Waals surface area contributed by atoms with Crippen molar-refractivity contribution in [1.29, 1.82) is 0 Å². The molecule has 0 aromatic heterocycles. The summed E-state index contributed by atoms with van der Waals surface area (Å²) < 4.78 is 10.0. The Morgan fingerprint density at radius 1 is 0.871 bits per heavy atom. The highest BCUT2D eigenvalue weighted by molar-refractivity contribution is 8.93. The Hall–Kier alpha value is -2.47. The van der Waals surface area contributed by atoms with Crippen molar-refractivity contribution in [3.05, 3.63) is 59.2 Å². The number of carbonyl (C=O) groups excluding carboxylic acids is 1. The monoisotopic (exact) mass is 498 g/mol. The van der Waals surface area contributed by atoms with E-state index in [9.17, 15) is 35.4 Å². The molecule has 3 rings (SSSR count). The van der Waals surface area contributed by atoms with Gasteiger partial charge in [-0.25, -0.2) is 4.79 Å². The summed E-state index contributed by atoms with van der Waals surface area (Å²) in [4.78, 5) is 12.2. The molecule has 0 amide bonds. The summed E-state index contributed by atoms with van der Waals surface area (Å²) in [6.07, 6.45) is -4.22. The second-order valence-electron chi connectivity index (χ2n) is 6.84. The predicted molar refractivity (Wildman–Crippen MR) is 115 cm³/mol. The zero-order valence-electron chi connectivity index (χ0n) is 16.1. The summed E-state index contributed by atoms with van der Waals surface area (Å²) in [6.45, 7) is -0.424. The third kappa shape index (κ3) is 6.03. The number of aliphatic hydroxyl groups excluding tert-OH is 4. The molecular weight excluding hydrogens is 476 g/mol. The summed E-state index contributed by atoms with van der Waals surface area (Å²) in [5.74, 6) is -1.13. The van der Waals surface area contributed by atoms with Gasteiger partial charge < -0.3 is 40.1 Å². The van der Waals surface area contributed by atoms with Crippen LogP contribution in [0, 0.1) is 0 Å². The second-order valence-corrected chi connectivity index (χ2v) is 6.84. The molecule has 168 valence electrons. The van der Waals surface area contributed by atoms with E-state index in [-0.39, 0.29) is 34.0 Å². The Kier molecular flexibility index (Phi) is 8.57. The number of phenolic OH excluding ortho intramolecular Hbond substituents is 2. The van der Waals surface area contributed by atoms with Gasteiger partial charge in [-0.1, -0.05) is 30.4 Å². The van der Waals surface area contributed by atoms with Gasteiger partial charge in [-0.2, -0.15) is 0 Å². The molecule has 6 N–H and O–H groups in total. The van der Waals surface area contributed by atoms with Gasteiger partial charge in [0.05, 0.1) is 5.56 Å². The van der Waals surface area contributed by atoms with Crippen molar-refractivity contribution < 1.29 is 44.9 Å². The van der Waals surface area contributed by atoms with E-state index >= 15 is 0 Å². The molecular formula is C21H23BrO9. The molecule has 1 heterocycles. The molecule has 9 nitrogen and oxygen atoms in total. The number of carbonyl (C=O) groups is 1. The van der Waals surface area contributed by atoms with Crippen molar-refractivity contribution in [2.45, 2.75) is 30.7 Å². The zero-order valence-corrected chi connectivity index (χ0v) is 17.8. The zero-order chi connectivity index (χ0) is 21.8. The van der Waals surface area contributed by atoms with Crippen LogP contribution in [0.15, 0.2) is 42.5 Å². The van der Waals surface area contributed by atoms with Crippen molar-refractivity contribution >= 4 is 35.1 Å². The van der Waals surface area contributed by atoms with E-state index in [4.69, 9.17) is 9.47 Å². The molecule has 0 radical (unpaired) electrons. The number of rotatable bonds is 5. The minimum absolute atomic E-state index is 0. The van der Waals surface area contributed by atoms with Crippen LogP contribution in [0.25, 0.3) is 12.2 Å². The Bertz CT molecular complexity index is 916. The largest absolute Gasteiger partial charge is 0.504 e. The first-order valence-electron chi connectivity index (χ1n) is 9.11. The first-order chi connectivity index (χ1) is 14.3. The first-order valence-corrected chi connectivity index (χ1v) is 9.11. The molecule has 10 heteroatoms. The third-order valence-electron chi connectivity index (χ3n) is 4.68. The highest BCUT2D eigenvalue weighted by atomic mass is 79.9. The number of phenols is 2. The van der Waals surface area contributed by atoms with Crippen LogP contribution < -0.4 is 0 Å². The number of aromatic hydroxyl groups is 2. The first kappa shape index (κ1) is 24.8. The third-order valence-corrected chi connectivity index (χ3v) is 4.68. The predicted octanol–water partition coefficient (Wildman–Crippen LogP) is 0.803. The van der Waals surface area contributed by atoms with Gasteiger partial charge in [0.25, 0.3) is 0 Å². The fourth-order valence-electron chi connectivity index (χ4n) is 2.88. The maximum Gasteiger partial charge on any atom is 0.338 e. The number of hydrogen-bond acceptors (Lipinski definition) is 9. The molecule has 0 bridgehead atoms. The minimum atomic E-state index is -1.70. The summed E-state index contributed by atoms with van der Waals surface area (Å²) in [6, 6.07) is 10.8. The molecule has 1 aliphatic rings. The summed E-state index contributed by atoms with van der Waals surface area (Å²) in [5, 5.41) is 57.2. The van der Waals surface area contributed by atoms with Crippen LogP contribution in [0.3, 0.4) is 0 Å². The van der Waals surface area contributed by atoms with Gasteiger partial charge in [0.2, 0.25) is 0 Å². The fraction of sp³-hybridized carbons (Fsp3) is 0.286. The van der Waals surface area contributed by atoms with E-state index in [1.54, 1.807) is 30.4 Å². The van der Waals surface area contributed by atoms with Gasteiger partial charge in [-0.3, -0.25) is 0 Å². The number of ether oxygens (including phenoxy) is 2. The van der Waals surface area contributed by atoms with Gasteiger partial charge in [0, 0.05) is 0 Å². The van der Waals surface area contributed by atoms with Crippen LogP contribution in [-0.2, 0) is 9.47 Å². The van der Waals surface area contributed by atoms with Crippen LogP contribution in [-0.4, -0.2) is 73.9 Å². The molecule has 1 aliphatic heterocycles. The smallest absolute Gasteiger partial charge is 0.338 e. The van der Waals surface area contributed by atoms with E-state index in [2.05, 4.69) is 0 Å². The standard InChI is InChI=1S/C21H22O9.BrH/c22-14-8-5-12(9-15(14)23)2-1-11-3-6-13(7-4-11)20(27)29-10-16-17(24)18(25)19(26)21(28)30-16;/h1-9,16-19,21-26,28H,10H2;1H. The highest BCUT2D eigenvalue weighted by Gasteiger charge is 2.43. The number of halogens is 1. The lowest BCUT2D eigenvalue weighted by Crippen LogP contribution is -2.58. The Balaban J connectivity index is 0.00000341. The van der Waals surface area contributed by atoms with Gasteiger partial charge in [0.1, 0.15) is 31.0 Å². The number of benzene rings is 2. The van der Waals surface area contributed by atoms with Crippen LogP contribution in [0.2, 0.25) is 0 Å². The molecule has 0 saturated carbocycles. The number of hydrogen-bond donors (Lipinski definition) is 6. The van der Waals surface area contributed by atoms with E-state index in [0.29, 0.717) is 5.56 Å². The van der Waals surface area contributed by atoms with Crippen molar-refractivity contribution in [2.24, 2.45) is 0 Å². The normalized spacial score (nSPS) is 25.7. The van der Waals surface area contributed by atoms with E-state index < -0.39 is 43.3 Å². The topological polar surface area (TPSA) is 157 Å². The lowest BCUT2D eigenvalue weighted by molar-refractivity contribution is -0.286.